The van der Waals surface area contributed by atoms with E-state index in [2.05, 4.69) is 30.6 Å². The standard InChI is InChI=1S/C16H19N7/c17-16(4-1-5-18-9-16)23-13-3-7-20-15-14(13)11(8-21-15)12-2-6-19-10-22-12/h2-3,6-8,10,18H,1,4-5,9,17H2,(H2,20,21,23)/t16-/m1/s1. The molecule has 7 nitrogen and oxygen atoms in total. The Morgan fingerprint density at radius 2 is 2.17 bits per heavy atom. The summed E-state index contributed by atoms with van der Waals surface area (Å²) in [6, 6.07) is 3.85. The molecule has 0 aromatic carbocycles. The Kier molecular flexibility index (Phi) is 3.44. The van der Waals surface area contributed by atoms with Crippen LogP contribution in [0.25, 0.3) is 22.3 Å². The van der Waals surface area contributed by atoms with Gasteiger partial charge in [-0.2, -0.15) is 0 Å². The predicted molar refractivity (Wildman–Crippen MR) is 89.8 cm³/mol. The number of aromatic amines is 1. The summed E-state index contributed by atoms with van der Waals surface area (Å²) in [5, 5.41) is 7.86. The lowest BCUT2D eigenvalue weighted by molar-refractivity contribution is 0.352. The Hall–Kier alpha value is -2.51. The third-order valence-corrected chi connectivity index (χ3v) is 4.23. The highest BCUT2D eigenvalue weighted by Crippen LogP contribution is 2.33. The minimum absolute atomic E-state index is 0.452. The zero-order valence-corrected chi connectivity index (χ0v) is 12.7. The molecule has 1 saturated heterocycles. The molecule has 7 heteroatoms. The Bertz CT molecular complexity index is 806. The van der Waals surface area contributed by atoms with Crippen molar-refractivity contribution in [3.63, 3.8) is 0 Å². The van der Waals surface area contributed by atoms with Gasteiger partial charge >= 0.3 is 0 Å². The van der Waals surface area contributed by atoms with Crippen LogP contribution in [0.4, 0.5) is 5.69 Å². The lowest BCUT2D eigenvalue weighted by Crippen LogP contribution is -2.58. The number of piperidine rings is 1. The van der Waals surface area contributed by atoms with Crippen molar-refractivity contribution in [1.82, 2.24) is 25.3 Å². The Labute approximate surface area is 133 Å². The molecule has 5 N–H and O–H groups in total. The summed E-state index contributed by atoms with van der Waals surface area (Å²) < 4.78 is 0. The Morgan fingerprint density at radius 3 is 2.96 bits per heavy atom. The number of aromatic nitrogens is 4. The lowest BCUT2D eigenvalue weighted by atomic mass is 9.99. The van der Waals surface area contributed by atoms with Gasteiger partial charge in [0, 0.05) is 36.4 Å². The van der Waals surface area contributed by atoms with Crippen molar-refractivity contribution in [2.75, 3.05) is 18.4 Å². The largest absolute Gasteiger partial charge is 0.366 e. The van der Waals surface area contributed by atoms with Gasteiger partial charge in [0.1, 0.15) is 12.0 Å². The van der Waals surface area contributed by atoms with Gasteiger partial charge in [-0.3, -0.25) is 0 Å². The van der Waals surface area contributed by atoms with Crippen molar-refractivity contribution in [1.29, 1.82) is 0 Å². The monoisotopic (exact) mass is 309 g/mol. The van der Waals surface area contributed by atoms with Crippen LogP contribution in [0, 0.1) is 0 Å². The second kappa shape index (κ2) is 5.60. The smallest absolute Gasteiger partial charge is 0.140 e. The summed E-state index contributed by atoms with van der Waals surface area (Å²) in [4.78, 5) is 15.9. The van der Waals surface area contributed by atoms with E-state index in [4.69, 9.17) is 5.73 Å². The highest BCUT2D eigenvalue weighted by Gasteiger charge is 2.28. The minimum atomic E-state index is -0.452. The molecule has 118 valence electrons. The molecule has 1 aliphatic rings. The molecule has 3 aromatic rings. The van der Waals surface area contributed by atoms with Crippen LogP contribution in [0.2, 0.25) is 0 Å². The van der Waals surface area contributed by atoms with E-state index in [9.17, 15) is 0 Å². The maximum absolute atomic E-state index is 6.51. The molecule has 3 aromatic heterocycles. The predicted octanol–water partition coefficient (Wildman–Crippen LogP) is 1.47. The average molecular weight is 309 g/mol. The van der Waals surface area contributed by atoms with Crippen LogP contribution in [0.3, 0.4) is 0 Å². The van der Waals surface area contributed by atoms with Crippen LogP contribution in [0.5, 0.6) is 0 Å². The van der Waals surface area contributed by atoms with Crippen molar-refractivity contribution in [3.8, 4) is 11.3 Å². The molecule has 23 heavy (non-hydrogen) atoms. The summed E-state index contributed by atoms with van der Waals surface area (Å²) in [7, 11) is 0. The van der Waals surface area contributed by atoms with E-state index in [1.54, 1.807) is 18.7 Å². The van der Waals surface area contributed by atoms with Crippen molar-refractivity contribution >= 4 is 16.7 Å². The molecule has 1 atom stereocenters. The summed E-state index contributed by atoms with van der Waals surface area (Å²) in [6.07, 6.45) is 8.98. The van der Waals surface area contributed by atoms with E-state index in [0.717, 1.165) is 53.9 Å². The Balaban J connectivity index is 1.79. The van der Waals surface area contributed by atoms with E-state index >= 15 is 0 Å². The van der Waals surface area contributed by atoms with Gasteiger partial charge in [-0.25, -0.2) is 15.0 Å². The molecule has 0 saturated carbocycles. The number of hydrogen-bond donors (Lipinski definition) is 4. The number of anilines is 1. The van der Waals surface area contributed by atoms with Crippen LogP contribution in [-0.2, 0) is 0 Å². The highest BCUT2D eigenvalue weighted by atomic mass is 15.2. The molecule has 0 spiro atoms. The van der Waals surface area contributed by atoms with Crippen LogP contribution in [0.15, 0.2) is 37.1 Å². The summed E-state index contributed by atoms with van der Waals surface area (Å²) >= 11 is 0. The van der Waals surface area contributed by atoms with Crippen molar-refractivity contribution < 1.29 is 0 Å². The number of hydrogen-bond acceptors (Lipinski definition) is 6. The van der Waals surface area contributed by atoms with Crippen LogP contribution >= 0.6 is 0 Å². The molecule has 4 rings (SSSR count). The molecule has 0 unspecified atom stereocenters. The second-order valence-corrected chi connectivity index (χ2v) is 5.94. The van der Waals surface area contributed by atoms with Crippen molar-refractivity contribution in [2.45, 2.75) is 18.5 Å². The SMILES string of the molecule is N[C@@]1(Nc2ccnc3[nH]cc(-c4ccncn4)c23)CCCNC1. The number of rotatable bonds is 3. The fraction of sp³-hybridized carbons (Fsp3) is 0.312. The first-order chi connectivity index (χ1) is 11.3. The summed E-state index contributed by atoms with van der Waals surface area (Å²) in [5.74, 6) is 0. The number of nitrogens with one attached hydrogen (secondary N) is 3. The van der Waals surface area contributed by atoms with Gasteiger partial charge in [-0.1, -0.05) is 0 Å². The van der Waals surface area contributed by atoms with Crippen molar-refractivity contribution in [2.24, 2.45) is 5.73 Å². The maximum atomic E-state index is 6.51. The first kappa shape index (κ1) is 14.1. The second-order valence-electron chi connectivity index (χ2n) is 5.94. The molecule has 1 fully saturated rings. The maximum Gasteiger partial charge on any atom is 0.140 e. The third kappa shape index (κ3) is 2.64. The molecule has 0 aliphatic carbocycles. The van der Waals surface area contributed by atoms with Crippen molar-refractivity contribution in [3.05, 3.63) is 37.1 Å². The zero-order chi connectivity index (χ0) is 15.7. The molecule has 0 amide bonds. The number of nitrogens with zero attached hydrogens (tertiary/aromatic N) is 3. The van der Waals surface area contributed by atoms with Gasteiger partial charge in [0.15, 0.2) is 0 Å². The topological polar surface area (TPSA) is 105 Å². The molecule has 1 aliphatic heterocycles. The molecule has 0 bridgehead atoms. The fourth-order valence-corrected chi connectivity index (χ4v) is 3.12. The van der Waals surface area contributed by atoms with E-state index in [0.29, 0.717) is 0 Å². The number of fused-ring (bicyclic) bond motifs is 1. The van der Waals surface area contributed by atoms with Crippen LogP contribution in [0.1, 0.15) is 12.8 Å². The van der Waals surface area contributed by atoms with E-state index in [1.165, 1.54) is 0 Å². The number of pyridine rings is 1. The van der Waals surface area contributed by atoms with E-state index in [-0.39, 0.29) is 0 Å². The highest BCUT2D eigenvalue weighted by molar-refractivity contribution is 6.01. The lowest BCUT2D eigenvalue weighted by Gasteiger charge is -2.35. The third-order valence-electron chi connectivity index (χ3n) is 4.23. The fourth-order valence-electron chi connectivity index (χ4n) is 3.12. The molecule has 4 heterocycles. The number of H-pyrrole nitrogens is 1. The number of nitrogens with two attached hydrogens (primary N) is 1. The van der Waals surface area contributed by atoms with E-state index < -0.39 is 5.66 Å². The average Bonchev–Trinajstić information content (AvgIpc) is 3.01. The van der Waals surface area contributed by atoms with Crippen LogP contribution in [-0.4, -0.2) is 38.7 Å². The normalized spacial score (nSPS) is 21.4. The molecular weight excluding hydrogens is 290 g/mol. The first-order valence-electron chi connectivity index (χ1n) is 7.75. The van der Waals surface area contributed by atoms with Gasteiger partial charge in [0.05, 0.1) is 16.7 Å². The molecular formula is C16H19N7. The summed E-state index contributed by atoms with van der Waals surface area (Å²) in [6.45, 7) is 1.76. The van der Waals surface area contributed by atoms with Crippen LogP contribution < -0.4 is 16.4 Å². The van der Waals surface area contributed by atoms with E-state index in [1.807, 2.05) is 18.3 Å². The zero-order valence-electron chi connectivity index (χ0n) is 12.7. The summed E-state index contributed by atoms with van der Waals surface area (Å²) in [5.41, 5.74) is 9.69. The van der Waals surface area contributed by atoms with Gasteiger partial charge in [0.25, 0.3) is 0 Å². The van der Waals surface area contributed by atoms with Gasteiger partial charge in [-0.05, 0) is 31.5 Å². The molecule has 0 radical (unpaired) electrons. The van der Waals surface area contributed by atoms with Gasteiger partial charge < -0.3 is 21.4 Å². The first-order valence-corrected chi connectivity index (χ1v) is 7.75. The minimum Gasteiger partial charge on any atom is -0.366 e. The van der Waals surface area contributed by atoms with Gasteiger partial charge in [0.2, 0.25) is 0 Å². The quantitative estimate of drug-likeness (QED) is 0.546. The van der Waals surface area contributed by atoms with Gasteiger partial charge in [-0.15, -0.1) is 0 Å². The Morgan fingerprint density at radius 1 is 1.22 bits per heavy atom.